The van der Waals surface area contributed by atoms with Crippen molar-refractivity contribution in [2.45, 2.75) is 26.8 Å². The van der Waals surface area contributed by atoms with Crippen molar-refractivity contribution in [2.24, 2.45) is 0 Å². The molecule has 0 unspecified atom stereocenters. The SMILES string of the molecule is CC(=O)Nc1ccc(C)c(NC(=O)N[C@H](C)c2cc3ccccc3o2)c1. The van der Waals surface area contributed by atoms with Crippen LogP contribution < -0.4 is 16.0 Å². The van der Waals surface area contributed by atoms with Gasteiger partial charge in [0.15, 0.2) is 0 Å². The summed E-state index contributed by atoms with van der Waals surface area (Å²) in [6.45, 7) is 5.18. The van der Waals surface area contributed by atoms with Gasteiger partial charge in [-0.1, -0.05) is 24.3 Å². The third-order valence-corrected chi connectivity index (χ3v) is 4.03. The van der Waals surface area contributed by atoms with Gasteiger partial charge in [-0.05, 0) is 43.7 Å². The first-order valence-corrected chi connectivity index (χ1v) is 8.36. The van der Waals surface area contributed by atoms with Gasteiger partial charge in [-0.25, -0.2) is 4.79 Å². The first-order valence-electron chi connectivity index (χ1n) is 8.36. The maximum atomic E-state index is 12.3. The fourth-order valence-electron chi connectivity index (χ4n) is 2.68. The third-order valence-electron chi connectivity index (χ3n) is 4.03. The van der Waals surface area contributed by atoms with Gasteiger partial charge in [0, 0.05) is 23.7 Å². The molecule has 0 spiro atoms. The van der Waals surface area contributed by atoms with E-state index in [1.54, 1.807) is 12.1 Å². The molecule has 3 N–H and O–H groups in total. The van der Waals surface area contributed by atoms with Crippen LogP contribution in [0.15, 0.2) is 52.9 Å². The summed E-state index contributed by atoms with van der Waals surface area (Å²) >= 11 is 0. The number of furan rings is 1. The lowest BCUT2D eigenvalue weighted by Crippen LogP contribution is -2.31. The lowest BCUT2D eigenvalue weighted by molar-refractivity contribution is -0.114. The number of para-hydroxylation sites is 1. The average Bonchev–Trinajstić information content (AvgIpc) is 3.01. The summed E-state index contributed by atoms with van der Waals surface area (Å²) in [5.74, 6) is 0.521. The fraction of sp³-hybridized carbons (Fsp3) is 0.200. The van der Waals surface area contributed by atoms with Crippen LogP contribution in [0, 0.1) is 6.92 Å². The number of carbonyl (C=O) groups excluding carboxylic acids is 2. The molecule has 0 aliphatic carbocycles. The van der Waals surface area contributed by atoms with Crippen molar-refractivity contribution in [3.8, 4) is 0 Å². The monoisotopic (exact) mass is 351 g/mol. The van der Waals surface area contributed by atoms with Crippen LogP contribution in [0.2, 0.25) is 0 Å². The Labute approximate surface area is 151 Å². The number of urea groups is 1. The molecule has 1 aromatic heterocycles. The molecule has 0 saturated carbocycles. The molecule has 0 fully saturated rings. The molecule has 0 aliphatic heterocycles. The number of aryl methyl sites for hydroxylation is 1. The molecule has 0 aliphatic rings. The van der Waals surface area contributed by atoms with E-state index in [1.165, 1.54) is 6.92 Å². The Morgan fingerprint density at radius 3 is 2.54 bits per heavy atom. The van der Waals surface area contributed by atoms with Crippen molar-refractivity contribution in [3.63, 3.8) is 0 Å². The van der Waals surface area contributed by atoms with Gasteiger partial charge in [-0.3, -0.25) is 4.79 Å². The minimum absolute atomic E-state index is 0.164. The van der Waals surface area contributed by atoms with Crippen molar-refractivity contribution in [1.82, 2.24) is 5.32 Å². The standard InChI is InChI=1S/C20H21N3O3/c1-12-8-9-16(22-14(3)24)11-17(12)23-20(25)21-13(2)19-10-15-6-4-5-7-18(15)26-19/h4-11,13H,1-3H3,(H,22,24)(H2,21,23,25)/t13-/m1/s1. The summed E-state index contributed by atoms with van der Waals surface area (Å²) in [6.07, 6.45) is 0. The summed E-state index contributed by atoms with van der Waals surface area (Å²) in [5.41, 5.74) is 2.94. The molecule has 26 heavy (non-hydrogen) atoms. The van der Waals surface area contributed by atoms with Crippen molar-refractivity contribution < 1.29 is 14.0 Å². The molecule has 1 atom stereocenters. The summed E-state index contributed by atoms with van der Waals surface area (Å²) in [4.78, 5) is 23.5. The highest BCUT2D eigenvalue weighted by molar-refractivity contribution is 5.93. The molecule has 3 amide bonds. The van der Waals surface area contributed by atoms with E-state index in [2.05, 4.69) is 16.0 Å². The number of hydrogen-bond donors (Lipinski definition) is 3. The minimum atomic E-state index is -0.346. The number of anilines is 2. The number of rotatable bonds is 4. The smallest absolute Gasteiger partial charge is 0.319 e. The molecule has 3 rings (SSSR count). The minimum Gasteiger partial charge on any atom is -0.459 e. The van der Waals surface area contributed by atoms with E-state index < -0.39 is 0 Å². The Balaban J connectivity index is 1.69. The lowest BCUT2D eigenvalue weighted by Gasteiger charge is -2.14. The number of hydrogen-bond acceptors (Lipinski definition) is 3. The summed E-state index contributed by atoms with van der Waals surface area (Å²) < 4.78 is 5.78. The van der Waals surface area contributed by atoms with Crippen molar-refractivity contribution in [2.75, 3.05) is 10.6 Å². The quantitative estimate of drug-likeness (QED) is 0.643. The van der Waals surface area contributed by atoms with Crippen LogP contribution in [-0.4, -0.2) is 11.9 Å². The number of nitrogens with one attached hydrogen (secondary N) is 3. The van der Waals surface area contributed by atoms with E-state index in [1.807, 2.05) is 50.2 Å². The van der Waals surface area contributed by atoms with Crippen LogP contribution in [0.5, 0.6) is 0 Å². The second kappa shape index (κ2) is 7.31. The zero-order chi connectivity index (χ0) is 18.7. The predicted molar refractivity (Wildman–Crippen MR) is 102 cm³/mol. The van der Waals surface area contributed by atoms with Gasteiger partial charge in [0.25, 0.3) is 0 Å². The van der Waals surface area contributed by atoms with Crippen LogP contribution in [0.3, 0.4) is 0 Å². The van der Waals surface area contributed by atoms with Crippen LogP contribution in [0.1, 0.15) is 31.2 Å². The Morgan fingerprint density at radius 2 is 1.81 bits per heavy atom. The maximum Gasteiger partial charge on any atom is 0.319 e. The van der Waals surface area contributed by atoms with Gasteiger partial charge in [-0.15, -0.1) is 0 Å². The first kappa shape index (κ1) is 17.5. The summed E-state index contributed by atoms with van der Waals surface area (Å²) in [5, 5.41) is 9.37. The molecule has 1 heterocycles. The van der Waals surface area contributed by atoms with Gasteiger partial charge < -0.3 is 20.4 Å². The first-order chi connectivity index (χ1) is 12.4. The lowest BCUT2D eigenvalue weighted by atomic mass is 10.2. The molecule has 6 nitrogen and oxygen atoms in total. The molecular weight excluding hydrogens is 330 g/mol. The Bertz CT molecular complexity index is 929. The average molecular weight is 351 g/mol. The second-order valence-electron chi connectivity index (χ2n) is 6.22. The third kappa shape index (κ3) is 4.03. The Hall–Kier alpha value is -3.28. The molecular formula is C20H21N3O3. The van der Waals surface area contributed by atoms with Gasteiger partial charge in [-0.2, -0.15) is 0 Å². The van der Waals surface area contributed by atoms with E-state index in [0.29, 0.717) is 17.1 Å². The highest BCUT2D eigenvalue weighted by Gasteiger charge is 2.15. The van der Waals surface area contributed by atoms with E-state index in [0.717, 1.165) is 16.5 Å². The number of benzene rings is 2. The number of amides is 3. The molecule has 2 aromatic carbocycles. The van der Waals surface area contributed by atoms with Crippen LogP contribution >= 0.6 is 0 Å². The predicted octanol–water partition coefficient (Wildman–Crippen LogP) is 4.58. The fourth-order valence-corrected chi connectivity index (χ4v) is 2.68. The van der Waals surface area contributed by atoms with Gasteiger partial charge in [0.2, 0.25) is 5.91 Å². The van der Waals surface area contributed by atoms with Crippen LogP contribution in [-0.2, 0) is 4.79 Å². The highest BCUT2D eigenvalue weighted by Crippen LogP contribution is 2.24. The van der Waals surface area contributed by atoms with Crippen LogP contribution in [0.25, 0.3) is 11.0 Å². The van der Waals surface area contributed by atoms with E-state index in [9.17, 15) is 9.59 Å². The van der Waals surface area contributed by atoms with E-state index in [4.69, 9.17) is 4.42 Å². The summed E-state index contributed by atoms with van der Waals surface area (Å²) in [7, 11) is 0. The number of carbonyl (C=O) groups is 2. The molecule has 0 radical (unpaired) electrons. The second-order valence-corrected chi connectivity index (χ2v) is 6.22. The Kier molecular flexibility index (Phi) is 4.93. The zero-order valence-electron chi connectivity index (χ0n) is 14.9. The highest BCUT2D eigenvalue weighted by atomic mass is 16.3. The van der Waals surface area contributed by atoms with E-state index >= 15 is 0 Å². The molecule has 6 heteroatoms. The zero-order valence-corrected chi connectivity index (χ0v) is 14.9. The molecule has 134 valence electrons. The van der Waals surface area contributed by atoms with Gasteiger partial charge in [0.05, 0.1) is 6.04 Å². The van der Waals surface area contributed by atoms with E-state index in [-0.39, 0.29) is 18.0 Å². The molecule has 0 bridgehead atoms. The normalized spacial score (nSPS) is 11.8. The summed E-state index contributed by atoms with van der Waals surface area (Å²) in [6, 6.07) is 14.3. The van der Waals surface area contributed by atoms with Gasteiger partial charge >= 0.3 is 6.03 Å². The largest absolute Gasteiger partial charge is 0.459 e. The van der Waals surface area contributed by atoms with Crippen molar-refractivity contribution in [1.29, 1.82) is 0 Å². The van der Waals surface area contributed by atoms with Crippen LogP contribution in [0.4, 0.5) is 16.2 Å². The molecule has 3 aromatic rings. The number of fused-ring (bicyclic) bond motifs is 1. The van der Waals surface area contributed by atoms with Crippen molar-refractivity contribution in [3.05, 3.63) is 59.9 Å². The molecule has 0 saturated heterocycles. The topological polar surface area (TPSA) is 83.4 Å². The van der Waals surface area contributed by atoms with Crippen molar-refractivity contribution >= 4 is 34.3 Å². The maximum absolute atomic E-state index is 12.3. The van der Waals surface area contributed by atoms with Gasteiger partial charge in [0.1, 0.15) is 11.3 Å². The Morgan fingerprint density at radius 1 is 1.04 bits per heavy atom.